The van der Waals surface area contributed by atoms with Gasteiger partial charge in [0.15, 0.2) is 0 Å². The molecule has 1 aliphatic carbocycles. The number of nitrogens with two attached hydrogens (primary N) is 1. The molecule has 1 saturated carbocycles. The smallest absolute Gasteiger partial charge is 0.150 e. The Bertz CT molecular complexity index is 274. The highest BCUT2D eigenvalue weighted by Gasteiger charge is 2.24. The zero-order valence-electron chi connectivity index (χ0n) is 8.89. The van der Waals surface area contributed by atoms with Crippen molar-refractivity contribution in [2.45, 2.75) is 41.7 Å². The van der Waals surface area contributed by atoms with E-state index in [2.05, 4.69) is 10.4 Å². The van der Waals surface area contributed by atoms with E-state index in [0.717, 1.165) is 6.54 Å². The standard InChI is InChI=1S/C11H18N2S2/c12-8-9-4-2-1-3-5-10(9)15-11-13-6-7-14-11/h6-7,9-10H,1-5,8,12H2. The van der Waals surface area contributed by atoms with Gasteiger partial charge in [-0.1, -0.05) is 31.0 Å². The third kappa shape index (κ3) is 3.20. The monoisotopic (exact) mass is 242 g/mol. The van der Waals surface area contributed by atoms with E-state index in [4.69, 9.17) is 5.73 Å². The first-order valence-corrected chi connectivity index (χ1v) is 7.42. The first kappa shape index (κ1) is 11.4. The summed E-state index contributed by atoms with van der Waals surface area (Å²) in [4.78, 5) is 4.35. The van der Waals surface area contributed by atoms with Crippen LogP contribution < -0.4 is 5.73 Å². The average molecular weight is 242 g/mol. The van der Waals surface area contributed by atoms with Crippen molar-refractivity contribution in [2.24, 2.45) is 11.7 Å². The van der Waals surface area contributed by atoms with Gasteiger partial charge in [-0.05, 0) is 25.3 Å². The first-order valence-electron chi connectivity index (χ1n) is 5.66. The van der Waals surface area contributed by atoms with Gasteiger partial charge < -0.3 is 5.73 Å². The largest absolute Gasteiger partial charge is 0.330 e. The van der Waals surface area contributed by atoms with Gasteiger partial charge in [0.1, 0.15) is 4.34 Å². The summed E-state index contributed by atoms with van der Waals surface area (Å²) in [5.41, 5.74) is 5.86. The summed E-state index contributed by atoms with van der Waals surface area (Å²) in [7, 11) is 0. The van der Waals surface area contributed by atoms with E-state index in [1.807, 2.05) is 18.0 Å². The van der Waals surface area contributed by atoms with E-state index in [1.54, 1.807) is 11.3 Å². The van der Waals surface area contributed by atoms with Gasteiger partial charge in [-0.3, -0.25) is 0 Å². The zero-order valence-corrected chi connectivity index (χ0v) is 10.5. The maximum Gasteiger partial charge on any atom is 0.150 e. The Hall–Kier alpha value is -0.0600. The summed E-state index contributed by atoms with van der Waals surface area (Å²) >= 11 is 3.69. The molecule has 15 heavy (non-hydrogen) atoms. The second-order valence-corrected chi connectivity index (χ2v) is 6.47. The van der Waals surface area contributed by atoms with E-state index in [1.165, 1.54) is 36.4 Å². The highest BCUT2D eigenvalue weighted by atomic mass is 32.2. The molecule has 2 unspecified atom stereocenters. The topological polar surface area (TPSA) is 38.9 Å². The second-order valence-electron chi connectivity index (χ2n) is 4.09. The molecule has 1 fully saturated rings. The fourth-order valence-corrected chi connectivity index (χ4v) is 4.40. The summed E-state index contributed by atoms with van der Waals surface area (Å²) in [6.07, 6.45) is 8.61. The van der Waals surface area contributed by atoms with Crippen molar-refractivity contribution < 1.29 is 0 Å². The number of rotatable bonds is 3. The molecule has 0 aromatic carbocycles. The van der Waals surface area contributed by atoms with Gasteiger partial charge in [-0.15, -0.1) is 11.3 Å². The molecule has 0 radical (unpaired) electrons. The van der Waals surface area contributed by atoms with Crippen LogP contribution in [0.25, 0.3) is 0 Å². The van der Waals surface area contributed by atoms with Crippen LogP contribution in [0.15, 0.2) is 15.9 Å². The van der Waals surface area contributed by atoms with Crippen LogP contribution in [0, 0.1) is 5.92 Å². The van der Waals surface area contributed by atoms with E-state index in [-0.39, 0.29) is 0 Å². The lowest BCUT2D eigenvalue weighted by Gasteiger charge is -2.21. The van der Waals surface area contributed by atoms with Gasteiger partial charge in [0.05, 0.1) is 0 Å². The molecule has 4 heteroatoms. The van der Waals surface area contributed by atoms with Crippen LogP contribution in [0.1, 0.15) is 32.1 Å². The summed E-state index contributed by atoms with van der Waals surface area (Å²) < 4.78 is 1.21. The molecular formula is C11H18N2S2. The van der Waals surface area contributed by atoms with Gasteiger partial charge in [0.2, 0.25) is 0 Å². The number of thiazole rings is 1. The molecule has 0 saturated heterocycles. The minimum atomic E-state index is 0.696. The Balaban J connectivity index is 1.97. The van der Waals surface area contributed by atoms with Crippen molar-refractivity contribution in [1.82, 2.24) is 4.98 Å². The summed E-state index contributed by atoms with van der Waals surface area (Å²) in [5, 5.41) is 2.75. The number of aromatic nitrogens is 1. The lowest BCUT2D eigenvalue weighted by molar-refractivity contribution is 0.483. The van der Waals surface area contributed by atoms with Gasteiger partial charge in [0, 0.05) is 16.8 Å². The van der Waals surface area contributed by atoms with E-state index in [9.17, 15) is 0 Å². The number of nitrogens with zero attached hydrogens (tertiary/aromatic N) is 1. The van der Waals surface area contributed by atoms with Crippen LogP contribution >= 0.6 is 23.1 Å². The van der Waals surface area contributed by atoms with Crippen LogP contribution in [0.5, 0.6) is 0 Å². The maximum atomic E-state index is 5.86. The molecule has 2 rings (SSSR count). The minimum Gasteiger partial charge on any atom is -0.330 e. The molecule has 2 N–H and O–H groups in total. The maximum absolute atomic E-state index is 5.86. The van der Waals surface area contributed by atoms with Gasteiger partial charge >= 0.3 is 0 Å². The summed E-state index contributed by atoms with van der Waals surface area (Å²) in [5.74, 6) is 0.696. The first-order chi connectivity index (χ1) is 7.40. The Morgan fingerprint density at radius 3 is 3.00 bits per heavy atom. The lowest BCUT2D eigenvalue weighted by Crippen LogP contribution is -2.24. The Kier molecular flexibility index (Phi) is 4.47. The highest BCUT2D eigenvalue weighted by molar-refractivity contribution is 8.01. The van der Waals surface area contributed by atoms with E-state index in [0.29, 0.717) is 11.2 Å². The average Bonchev–Trinajstić information content (AvgIpc) is 2.64. The molecule has 84 valence electrons. The van der Waals surface area contributed by atoms with Crippen molar-refractivity contribution in [2.75, 3.05) is 6.54 Å². The molecule has 2 nitrogen and oxygen atoms in total. The van der Waals surface area contributed by atoms with Gasteiger partial charge in [0.25, 0.3) is 0 Å². The minimum absolute atomic E-state index is 0.696. The van der Waals surface area contributed by atoms with E-state index < -0.39 is 0 Å². The van der Waals surface area contributed by atoms with Crippen molar-refractivity contribution in [3.05, 3.63) is 11.6 Å². The summed E-state index contributed by atoms with van der Waals surface area (Å²) in [6.45, 7) is 0.836. The molecule has 0 spiro atoms. The molecule has 1 heterocycles. The second kappa shape index (κ2) is 5.87. The Morgan fingerprint density at radius 1 is 1.40 bits per heavy atom. The Labute approximate surface area is 99.7 Å². The molecule has 1 aromatic rings. The summed E-state index contributed by atoms with van der Waals surface area (Å²) in [6, 6.07) is 0. The SMILES string of the molecule is NCC1CCCCCC1Sc1nccs1. The molecule has 0 amide bonds. The van der Waals surface area contributed by atoms with Gasteiger partial charge in [-0.25, -0.2) is 4.98 Å². The predicted octanol–water partition coefficient (Wildman–Crippen LogP) is 3.14. The van der Waals surface area contributed by atoms with Crippen LogP contribution in [-0.2, 0) is 0 Å². The molecule has 2 atom stereocenters. The van der Waals surface area contributed by atoms with Crippen LogP contribution in [0.3, 0.4) is 0 Å². The molecule has 1 aliphatic rings. The number of hydrogen-bond acceptors (Lipinski definition) is 4. The quantitative estimate of drug-likeness (QED) is 0.828. The van der Waals surface area contributed by atoms with Crippen LogP contribution in [0.2, 0.25) is 0 Å². The molecular weight excluding hydrogens is 224 g/mol. The third-order valence-corrected chi connectivity index (χ3v) is 5.43. The molecule has 0 bridgehead atoms. The van der Waals surface area contributed by atoms with E-state index >= 15 is 0 Å². The Morgan fingerprint density at radius 2 is 2.27 bits per heavy atom. The third-order valence-electron chi connectivity index (χ3n) is 3.05. The lowest BCUT2D eigenvalue weighted by atomic mass is 10.0. The van der Waals surface area contributed by atoms with Crippen LogP contribution in [-0.4, -0.2) is 16.8 Å². The van der Waals surface area contributed by atoms with Crippen molar-refractivity contribution in [3.8, 4) is 0 Å². The normalized spacial score (nSPS) is 27.5. The fraction of sp³-hybridized carbons (Fsp3) is 0.727. The number of hydrogen-bond donors (Lipinski definition) is 1. The molecule has 1 aromatic heterocycles. The van der Waals surface area contributed by atoms with Crippen molar-refractivity contribution >= 4 is 23.1 Å². The zero-order chi connectivity index (χ0) is 10.5. The van der Waals surface area contributed by atoms with Crippen molar-refractivity contribution in [3.63, 3.8) is 0 Å². The fourth-order valence-electron chi connectivity index (χ4n) is 2.17. The van der Waals surface area contributed by atoms with Crippen molar-refractivity contribution in [1.29, 1.82) is 0 Å². The predicted molar refractivity (Wildman–Crippen MR) is 67.4 cm³/mol. The van der Waals surface area contributed by atoms with Gasteiger partial charge in [-0.2, -0.15) is 0 Å². The highest BCUT2D eigenvalue weighted by Crippen LogP contribution is 2.36. The molecule has 0 aliphatic heterocycles. The number of thioether (sulfide) groups is 1. The van der Waals surface area contributed by atoms with Crippen LogP contribution in [0.4, 0.5) is 0 Å².